The molecule has 25 heavy (non-hydrogen) atoms. The average Bonchev–Trinajstić information content (AvgIpc) is 3.27. The Labute approximate surface area is 153 Å². The zero-order chi connectivity index (χ0) is 17.5. The van der Waals surface area contributed by atoms with E-state index in [1.165, 1.54) is 10.4 Å². The molecule has 1 fully saturated rings. The molecule has 0 bridgehead atoms. The molecule has 1 N–H and O–H groups in total. The lowest BCUT2D eigenvalue weighted by Crippen LogP contribution is -2.36. The highest BCUT2D eigenvalue weighted by Gasteiger charge is 2.29. The van der Waals surface area contributed by atoms with E-state index in [9.17, 15) is 4.79 Å². The maximum atomic E-state index is 12.2. The minimum atomic E-state index is 0.316. The SMILES string of the molecule is COc1ccc(CNCC[C@@H]2CCC(=O)N2CCc2cccs2)cc1. The van der Waals surface area contributed by atoms with Crippen molar-refractivity contribution in [1.29, 1.82) is 0 Å². The third kappa shape index (κ3) is 5.06. The summed E-state index contributed by atoms with van der Waals surface area (Å²) in [6.45, 7) is 2.63. The van der Waals surface area contributed by atoms with E-state index in [0.717, 1.165) is 44.6 Å². The molecule has 1 saturated heterocycles. The van der Waals surface area contributed by atoms with E-state index in [0.29, 0.717) is 18.4 Å². The highest BCUT2D eigenvalue weighted by molar-refractivity contribution is 7.09. The number of hydrogen-bond donors (Lipinski definition) is 1. The molecule has 4 nitrogen and oxygen atoms in total. The second-order valence-electron chi connectivity index (χ2n) is 6.42. The van der Waals surface area contributed by atoms with Crippen LogP contribution in [0.15, 0.2) is 41.8 Å². The Morgan fingerprint density at radius 2 is 2.12 bits per heavy atom. The van der Waals surface area contributed by atoms with Gasteiger partial charge in [-0.05, 0) is 54.9 Å². The van der Waals surface area contributed by atoms with E-state index in [1.54, 1.807) is 18.4 Å². The standard InChI is InChI=1S/C20H26N2O2S/c1-24-18-7-4-16(5-8-18)15-21-12-10-17-6-9-20(23)22(17)13-11-19-3-2-14-25-19/h2-5,7-8,14,17,21H,6,9-13,15H2,1H3/t17-/m0/s1. The molecule has 1 amide bonds. The van der Waals surface area contributed by atoms with E-state index >= 15 is 0 Å². The molecular formula is C20H26N2O2S. The molecule has 2 aromatic rings. The van der Waals surface area contributed by atoms with Gasteiger partial charge in [0.05, 0.1) is 7.11 Å². The van der Waals surface area contributed by atoms with Crippen LogP contribution in [0.4, 0.5) is 0 Å². The van der Waals surface area contributed by atoms with E-state index < -0.39 is 0 Å². The topological polar surface area (TPSA) is 41.6 Å². The first-order valence-corrected chi connectivity index (χ1v) is 9.79. The molecule has 0 radical (unpaired) electrons. The predicted molar refractivity (Wildman–Crippen MR) is 102 cm³/mol. The van der Waals surface area contributed by atoms with Crippen molar-refractivity contribution in [3.8, 4) is 5.75 Å². The lowest BCUT2D eigenvalue weighted by Gasteiger charge is -2.25. The van der Waals surface area contributed by atoms with Gasteiger partial charge in [-0.1, -0.05) is 18.2 Å². The summed E-state index contributed by atoms with van der Waals surface area (Å²) in [6, 6.07) is 12.7. The van der Waals surface area contributed by atoms with Crippen LogP contribution >= 0.6 is 11.3 Å². The Hall–Kier alpha value is -1.85. The van der Waals surface area contributed by atoms with Crippen LogP contribution < -0.4 is 10.1 Å². The number of carbonyl (C=O) groups excluding carboxylic acids is 1. The number of methoxy groups -OCH3 is 1. The molecule has 0 unspecified atom stereocenters. The summed E-state index contributed by atoms with van der Waals surface area (Å²) in [4.78, 5) is 15.6. The third-order valence-electron chi connectivity index (χ3n) is 4.77. The molecule has 1 aliphatic rings. The zero-order valence-corrected chi connectivity index (χ0v) is 15.6. The van der Waals surface area contributed by atoms with Gasteiger partial charge in [0, 0.05) is 30.4 Å². The molecule has 1 aliphatic heterocycles. The molecule has 1 atom stereocenters. The highest BCUT2D eigenvalue weighted by Crippen LogP contribution is 2.22. The summed E-state index contributed by atoms with van der Waals surface area (Å²) in [7, 11) is 1.68. The molecule has 134 valence electrons. The Morgan fingerprint density at radius 1 is 1.28 bits per heavy atom. The van der Waals surface area contributed by atoms with Crippen LogP contribution in [-0.2, 0) is 17.8 Å². The van der Waals surface area contributed by atoms with Crippen LogP contribution in [0.2, 0.25) is 0 Å². The molecule has 2 heterocycles. The van der Waals surface area contributed by atoms with Crippen molar-refractivity contribution >= 4 is 17.2 Å². The largest absolute Gasteiger partial charge is 0.497 e. The highest BCUT2D eigenvalue weighted by atomic mass is 32.1. The molecule has 0 spiro atoms. The van der Waals surface area contributed by atoms with Gasteiger partial charge in [0.25, 0.3) is 0 Å². The van der Waals surface area contributed by atoms with Crippen LogP contribution in [0.3, 0.4) is 0 Å². The fourth-order valence-corrected chi connectivity index (χ4v) is 4.03. The summed E-state index contributed by atoms with van der Waals surface area (Å²) < 4.78 is 5.18. The maximum absolute atomic E-state index is 12.2. The Bertz CT molecular complexity index is 655. The summed E-state index contributed by atoms with van der Waals surface area (Å²) in [5, 5.41) is 5.59. The number of likely N-dealkylation sites (tertiary alicyclic amines) is 1. The van der Waals surface area contributed by atoms with Crippen molar-refractivity contribution in [3.63, 3.8) is 0 Å². The van der Waals surface area contributed by atoms with E-state index in [1.807, 2.05) is 12.1 Å². The number of benzene rings is 1. The molecule has 1 aromatic carbocycles. The third-order valence-corrected chi connectivity index (χ3v) is 5.71. The smallest absolute Gasteiger partial charge is 0.222 e. The zero-order valence-electron chi connectivity index (χ0n) is 14.7. The van der Waals surface area contributed by atoms with Gasteiger partial charge in [0.1, 0.15) is 5.75 Å². The molecule has 3 rings (SSSR count). The van der Waals surface area contributed by atoms with Crippen molar-refractivity contribution < 1.29 is 9.53 Å². The van der Waals surface area contributed by atoms with E-state index in [-0.39, 0.29) is 0 Å². The second-order valence-corrected chi connectivity index (χ2v) is 7.45. The van der Waals surface area contributed by atoms with Gasteiger partial charge in [-0.3, -0.25) is 4.79 Å². The quantitative estimate of drug-likeness (QED) is 0.698. The molecular weight excluding hydrogens is 332 g/mol. The monoisotopic (exact) mass is 358 g/mol. The van der Waals surface area contributed by atoms with Gasteiger partial charge < -0.3 is 15.0 Å². The van der Waals surface area contributed by atoms with Crippen LogP contribution in [0.5, 0.6) is 5.75 Å². The van der Waals surface area contributed by atoms with Crippen molar-refractivity contribution in [2.75, 3.05) is 20.2 Å². The first kappa shape index (κ1) is 18.0. The van der Waals surface area contributed by atoms with Crippen molar-refractivity contribution in [1.82, 2.24) is 10.2 Å². The summed E-state index contributed by atoms with van der Waals surface area (Å²) in [5.41, 5.74) is 1.25. The van der Waals surface area contributed by atoms with Gasteiger partial charge in [0.2, 0.25) is 5.91 Å². The number of amides is 1. The maximum Gasteiger partial charge on any atom is 0.222 e. The summed E-state index contributed by atoms with van der Waals surface area (Å²) >= 11 is 1.77. The molecule has 0 aliphatic carbocycles. The van der Waals surface area contributed by atoms with Crippen LogP contribution in [0.25, 0.3) is 0 Å². The average molecular weight is 359 g/mol. The normalized spacial score (nSPS) is 17.2. The Balaban J connectivity index is 1.40. The van der Waals surface area contributed by atoms with Gasteiger partial charge in [0.15, 0.2) is 0 Å². The molecule has 5 heteroatoms. The Kier molecular flexibility index (Phi) is 6.48. The number of nitrogens with zero attached hydrogens (tertiary/aromatic N) is 1. The van der Waals surface area contributed by atoms with Gasteiger partial charge >= 0.3 is 0 Å². The number of carbonyl (C=O) groups is 1. The lowest BCUT2D eigenvalue weighted by atomic mass is 10.1. The van der Waals surface area contributed by atoms with Gasteiger partial charge in [-0.2, -0.15) is 0 Å². The van der Waals surface area contributed by atoms with E-state index in [4.69, 9.17) is 4.74 Å². The van der Waals surface area contributed by atoms with Crippen LogP contribution in [0, 0.1) is 0 Å². The van der Waals surface area contributed by atoms with Gasteiger partial charge in [-0.15, -0.1) is 11.3 Å². The first-order valence-electron chi connectivity index (χ1n) is 8.92. The van der Waals surface area contributed by atoms with Crippen LogP contribution in [0.1, 0.15) is 29.7 Å². The number of ether oxygens (including phenoxy) is 1. The summed E-state index contributed by atoms with van der Waals surface area (Å²) in [6.07, 6.45) is 3.69. The second kappa shape index (κ2) is 9.02. The first-order chi connectivity index (χ1) is 12.3. The predicted octanol–water partition coefficient (Wildman–Crippen LogP) is 3.47. The molecule has 1 aromatic heterocycles. The minimum absolute atomic E-state index is 0.316. The number of rotatable bonds is 9. The lowest BCUT2D eigenvalue weighted by molar-refractivity contribution is -0.128. The van der Waals surface area contributed by atoms with Crippen molar-refractivity contribution in [2.45, 2.75) is 38.3 Å². The number of nitrogens with one attached hydrogen (secondary N) is 1. The fourth-order valence-electron chi connectivity index (χ4n) is 3.33. The fraction of sp³-hybridized carbons (Fsp3) is 0.450. The summed E-state index contributed by atoms with van der Waals surface area (Å²) in [5.74, 6) is 1.20. The Morgan fingerprint density at radius 3 is 2.84 bits per heavy atom. The van der Waals surface area contributed by atoms with E-state index in [2.05, 4.69) is 39.9 Å². The molecule has 0 saturated carbocycles. The van der Waals surface area contributed by atoms with Crippen LogP contribution in [-0.4, -0.2) is 37.0 Å². The minimum Gasteiger partial charge on any atom is -0.497 e. The number of hydrogen-bond acceptors (Lipinski definition) is 4. The van der Waals surface area contributed by atoms with Gasteiger partial charge in [-0.25, -0.2) is 0 Å². The van der Waals surface area contributed by atoms with Crippen molar-refractivity contribution in [3.05, 3.63) is 52.2 Å². The number of thiophene rings is 1. The van der Waals surface area contributed by atoms with Crippen molar-refractivity contribution in [2.24, 2.45) is 0 Å².